The van der Waals surface area contributed by atoms with Crippen molar-refractivity contribution in [2.75, 3.05) is 6.61 Å². The Bertz CT molecular complexity index is 530. The van der Waals surface area contributed by atoms with E-state index in [1.165, 1.54) is 11.3 Å². The van der Waals surface area contributed by atoms with Crippen LogP contribution in [0.15, 0.2) is 30.3 Å². The molecule has 0 unspecified atom stereocenters. The lowest BCUT2D eigenvalue weighted by Crippen LogP contribution is -2.25. The zero-order chi connectivity index (χ0) is 12.3. The van der Waals surface area contributed by atoms with Gasteiger partial charge in [0.25, 0.3) is 5.91 Å². The van der Waals surface area contributed by atoms with Gasteiger partial charge in [0.1, 0.15) is 0 Å². The van der Waals surface area contributed by atoms with Crippen LogP contribution in [-0.2, 0) is 9.63 Å². The smallest absolute Gasteiger partial charge is 0.332 e. The van der Waals surface area contributed by atoms with Gasteiger partial charge >= 0.3 is 5.97 Å². The van der Waals surface area contributed by atoms with Crippen molar-refractivity contribution in [3.63, 3.8) is 0 Å². The molecule has 2 aromatic rings. The van der Waals surface area contributed by atoms with Crippen LogP contribution < -0.4 is 5.48 Å². The van der Waals surface area contributed by atoms with Gasteiger partial charge < -0.3 is 5.11 Å². The maximum Gasteiger partial charge on any atom is 0.332 e. The summed E-state index contributed by atoms with van der Waals surface area (Å²) in [5, 5.41) is 9.31. The number of fused-ring (bicyclic) bond motifs is 1. The summed E-state index contributed by atoms with van der Waals surface area (Å²) in [7, 11) is 0. The van der Waals surface area contributed by atoms with Crippen molar-refractivity contribution in [1.82, 2.24) is 5.48 Å². The Morgan fingerprint density at radius 1 is 1.35 bits per heavy atom. The molecular weight excluding hydrogens is 242 g/mol. The molecule has 1 amide bonds. The lowest BCUT2D eigenvalue weighted by molar-refractivity contribution is -0.144. The van der Waals surface area contributed by atoms with E-state index in [1.54, 1.807) is 6.07 Å². The Hall–Kier alpha value is -1.92. The molecule has 88 valence electrons. The molecule has 0 spiro atoms. The Kier molecular flexibility index (Phi) is 3.36. The second-order valence-corrected chi connectivity index (χ2v) is 4.35. The fraction of sp³-hybridized carbons (Fsp3) is 0.0909. The summed E-state index contributed by atoms with van der Waals surface area (Å²) in [6, 6.07) is 9.33. The van der Waals surface area contributed by atoms with Crippen LogP contribution >= 0.6 is 11.3 Å². The molecule has 5 nitrogen and oxygen atoms in total. The van der Waals surface area contributed by atoms with Gasteiger partial charge in [-0.3, -0.25) is 9.63 Å². The molecule has 0 aliphatic heterocycles. The Balaban J connectivity index is 2.06. The first-order chi connectivity index (χ1) is 8.16. The number of hydroxylamine groups is 1. The van der Waals surface area contributed by atoms with Crippen molar-refractivity contribution in [3.8, 4) is 0 Å². The molecule has 0 saturated heterocycles. The van der Waals surface area contributed by atoms with E-state index in [9.17, 15) is 9.59 Å². The van der Waals surface area contributed by atoms with Crippen molar-refractivity contribution in [2.45, 2.75) is 0 Å². The summed E-state index contributed by atoms with van der Waals surface area (Å²) in [5.74, 6) is -1.57. The van der Waals surface area contributed by atoms with Gasteiger partial charge in [0.05, 0.1) is 4.88 Å². The van der Waals surface area contributed by atoms with Crippen molar-refractivity contribution in [2.24, 2.45) is 0 Å². The zero-order valence-electron chi connectivity index (χ0n) is 8.67. The number of carboxylic acids is 1. The van der Waals surface area contributed by atoms with E-state index < -0.39 is 18.5 Å². The molecule has 0 radical (unpaired) electrons. The van der Waals surface area contributed by atoms with Gasteiger partial charge in [0.2, 0.25) is 0 Å². The van der Waals surface area contributed by atoms with Crippen molar-refractivity contribution < 1.29 is 19.5 Å². The SMILES string of the molecule is O=C(O)CONC(=O)c1cc2ccccc2s1. The van der Waals surface area contributed by atoms with E-state index in [-0.39, 0.29) is 0 Å². The third kappa shape index (κ3) is 2.80. The highest BCUT2D eigenvalue weighted by atomic mass is 32.1. The number of aliphatic carboxylic acids is 1. The van der Waals surface area contributed by atoms with Gasteiger partial charge in [-0.25, -0.2) is 10.3 Å². The predicted molar refractivity (Wildman–Crippen MR) is 62.9 cm³/mol. The fourth-order valence-electron chi connectivity index (χ4n) is 1.31. The summed E-state index contributed by atoms with van der Waals surface area (Å²) in [4.78, 5) is 26.8. The number of amides is 1. The first kappa shape index (κ1) is 11.6. The molecule has 0 fully saturated rings. The number of carbonyl (C=O) groups is 2. The second kappa shape index (κ2) is 4.94. The largest absolute Gasteiger partial charge is 0.479 e. The minimum atomic E-state index is -1.14. The number of thiophene rings is 1. The number of rotatable bonds is 4. The Morgan fingerprint density at radius 2 is 2.12 bits per heavy atom. The van der Waals surface area contributed by atoms with Gasteiger partial charge in [0.15, 0.2) is 6.61 Å². The number of benzene rings is 1. The molecular formula is C11H9NO4S. The first-order valence-electron chi connectivity index (χ1n) is 4.79. The summed E-state index contributed by atoms with van der Waals surface area (Å²) < 4.78 is 0.996. The first-order valence-corrected chi connectivity index (χ1v) is 5.61. The molecule has 0 aliphatic rings. The molecule has 0 bridgehead atoms. The van der Waals surface area contributed by atoms with Crippen LogP contribution in [0.5, 0.6) is 0 Å². The third-order valence-corrected chi connectivity index (χ3v) is 3.12. The van der Waals surface area contributed by atoms with Gasteiger partial charge in [0, 0.05) is 4.70 Å². The quantitative estimate of drug-likeness (QED) is 0.810. The number of carboxylic acid groups (broad SMARTS) is 1. The average molecular weight is 251 g/mol. The topological polar surface area (TPSA) is 75.6 Å². The molecule has 0 saturated carbocycles. The molecule has 0 aliphatic carbocycles. The van der Waals surface area contributed by atoms with Gasteiger partial charge in [-0.15, -0.1) is 11.3 Å². The van der Waals surface area contributed by atoms with E-state index in [1.807, 2.05) is 24.3 Å². The number of carbonyl (C=O) groups excluding carboxylic acids is 1. The number of nitrogens with one attached hydrogen (secondary N) is 1. The molecule has 1 aromatic carbocycles. The third-order valence-electron chi connectivity index (χ3n) is 2.01. The van der Waals surface area contributed by atoms with Gasteiger partial charge in [-0.1, -0.05) is 18.2 Å². The normalized spacial score (nSPS) is 10.4. The van der Waals surface area contributed by atoms with E-state index in [2.05, 4.69) is 10.3 Å². The highest BCUT2D eigenvalue weighted by Gasteiger charge is 2.10. The van der Waals surface area contributed by atoms with Crippen LogP contribution in [0.3, 0.4) is 0 Å². The molecule has 2 N–H and O–H groups in total. The summed E-state index contributed by atoms with van der Waals surface area (Å²) >= 11 is 1.32. The van der Waals surface area contributed by atoms with Crippen LogP contribution in [0.2, 0.25) is 0 Å². The lowest BCUT2D eigenvalue weighted by Gasteiger charge is -2.00. The van der Waals surface area contributed by atoms with Crippen molar-refractivity contribution in [3.05, 3.63) is 35.2 Å². The highest BCUT2D eigenvalue weighted by molar-refractivity contribution is 7.20. The Labute approximate surface area is 101 Å². The van der Waals surface area contributed by atoms with Crippen molar-refractivity contribution >= 4 is 33.3 Å². The van der Waals surface area contributed by atoms with Gasteiger partial charge in [-0.2, -0.15) is 0 Å². The van der Waals surface area contributed by atoms with Crippen LogP contribution in [0, 0.1) is 0 Å². The van der Waals surface area contributed by atoms with E-state index in [0.29, 0.717) is 4.88 Å². The van der Waals surface area contributed by atoms with Crippen LogP contribution in [0.25, 0.3) is 10.1 Å². The zero-order valence-corrected chi connectivity index (χ0v) is 9.49. The standard InChI is InChI=1S/C11H9NO4S/c13-10(14)6-16-12-11(15)9-5-7-3-1-2-4-8(7)17-9/h1-5H,6H2,(H,12,15)(H,13,14). The molecule has 2 rings (SSSR count). The average Bonchev–Trinajstić information content (AvgIpc) is 2.71. The summed E-state index contributed by atoms with van der Waals surface area (Å²) in [5.41, 5.74) is 2.08. The van der Waals surface area contributed by atoms with Crippen LogP contribution in [-0.4, -0.2) is 23.6 Å². The van der Waals surface area contributed by atoms with E-state index in [0.717, 1.165) is 10.1 Å². The number of hydrogen-bond donors (Lipinski definition) is 2. The maximum absolute atomic E-state index is 11.6. The van der Waals surface area contributed by atoms with Crippen molar-refractivity contribution in [1.29, 1.82) is 0 Å². The van der Waals surface area contributed by atoms with Crippen LogP contribution in [0.4, 0.5) is 0 Å². The highest BCUT2D eigenvalue weighted by Crippen LogP contribution is 2.24. The maximum atomic E-state index is 11.6. The van der Waals surface area contributed by atoms with E-state index >= 15 is 0 Å². The fourth-order valence-corrected chi connectivity index (χ4v) is 2.26. The molecule has 17 heavy (non-hydrogen) atoms. The summed E-state index contributed by atoms with van der Waals surface area (Å²) in [6.45, 7) is -0.559. The number of hydrogen-bond acceptors (Lipinski definition) is 4. The molecule has 0 atom stereocenters. The van der Waals surface area contributed by atoms with E-state index in [4.69, 9.17) is 5.11 Å². The van der Waals surface area contributed by atoms with Gasteiger partial charge in [-0.05, 0) is 17.5 Å². The Morgan fingerprint density at radius 3 is 2.82 bits per heavy atom. The lowest BCUT2D eigenvalue weighted by atomic mass is 10.2. The van der Waals surface area contributed by atoms with Crippen LogP contribution in [0.1, 0.15) is 9.67 Å². The predicted octanol–water partition coefficient (Wildman–Crippen LogP) is 1.65. The molecule has 1 heterocycles. The molecule has 6 heteroatoms. The monoisotopic (exact) mass is 251 g/mol. The molecule has 1 aromatic heterocycles. The summed E-state index contributed by atoms with van der Waals surface area (Å²) in [6.07, 6.45) is 0. The second-order valence-electron chi connectivity index (χ2n) is 3.26. The minimum absolute atomic E-state index is 0.438. The minimum Gasteiger partial charge on any atom is -0.479 e.